The fourth-order valence-electron chi connectivity index (χ4n) is 3.33. The van der Waals surface area contributed by atoms with Crippen molar-refractivity contribution in [3.63, 3.8) is 0 Å². The van der Waals surface area contributed by atoms with Crippen LogP contribution in [0.25, 0.3) is 10.8 Å². The van der Waals surface area contributed by atoms with E-state index in [-0.39, 0.29) is 24.0 Å². The zero-order valence-electron chi connectivity index (χ0n) is 15.6. The molecule has 0 saturated carbocycles. The van der Waals surface area contributed by atoms with Gasteiger partial charge in [-0.05, 0) is 50.3 Å². The molecule has 1 saturated heterocycles. The number of amides is 1. The van der Waals surface area contributed by atoms with Crippen LogP contribution in [-0.4, -0.2) is 29.6 Å². The molecule has 1 aliphatic rings. The summed E-state index contributed by atoms with van der Waals surface area (Å²) in [7, 11) is 0. The van der Waals surface area contributed by atoms with Crippen molar-refractivity contribution in [3.05, 3.63) is 30.0 Å². The molecule has 26 heavy (non-hydrogen) atoms. The van der Waals surface area contributed by atoms with E-state index in [0.29, 0.717) is 19.0 Å². The quantitative estimate of drug-likeness (QED) is 0.796. The van der Waals surface area contributed by atoms with E-state index in [1.54, 1.807) is 6.20 Å². The van der Waals surface area contributed by atoms with Crippen LogP contribution in [0.3, 0.4) is 0 Å². The Morgan fingerprint density at radius 2 is 2.19 bits per heavy atom. The van der Waals surface area contributed by atoms with E-state index in [1.807, 2.05) is 39.0 Å². The molecule has 0 bridgehead atoms. The molecule has 1 fully saturated rings. The van der Waals surface area contributed by atoms with E-state index in [0.717, 1.165) is 34.9 Å². The standard InChI is InChI=1S/C20H27N3O3/c1-4-13-8-16(23-19(13)24)11-25-20-17-9-18(26-12(2)3)15(10-21)7-14(17)5-6-22-20/h5-7,9,12-13,16H,4,8,10-11,21H2,1-3H3,(H,23,24)/t13-,16+/m1/s1. The number of aromatic nitrogens is 1. The first kappa shape index (κ1) is 18.5. The summed E-state index contributed by atoms with van der Waals surface area (Å²) < 4.78 is 11.9. The Hall–Kier alpha value is -2.34. The Labute approximate surface area is 154 Å². The van der Waals surface area contributed by atoms with E-state index in [4.69, 9.17) is 15.2 Å². The van der Waals surface area contributed by atoms with Gasteiger partial charge in [-0.25, -0.2) is 4.98 Å². The molecule has 6 nitrogen and oxygen atoms in total. The number of hydrogen-bond donors (Lipinski definition) is 2. The second kappa shape index (κ2) is 7.91. The van der Waals surface area contributed by atoms with Crippen molar-refractivity contribution in [2.45, 2.75) is 52.3 Å². The Kier molecular flexibility index (Phi) is 5.61. The van der Waals surface area contributed by atoms with E-state index in [9.17, 15) is 4.79 Å². The summed E-state index contributed by atoms with van der Waals surface area (Å²) in [5, 5.41) is 4.89. The molecule has 0 unspecified atom stereocenters. The SMILES string of the molecule is CC[C@@H]1C[C@@H](COc2nccc3cc(CN)c(OC(C)C)cc23)NC1=O. The Bertz CT molecular complexity index is 791. The molecular weight excluding hydrogens is 330 g/mol. The molecule has 1 aliphatic heterocycles. The van der Waals surface area contributed by atoms with Gasteiger partial charge in [-0.15, -0.1) is 0 Å². The summed E-state index contributed by atoms with van der Waals surface area (Å²) >= 11 is 0. The van der Waals surface area contributed by atoms with Crippen LogP contribution < -0.4 is 20.5 Å². The third-order valence-corrected chi connectivity index (χ3v) is 4.69. The highest BCUT2D eigenvalue weighted by molar-refractivity contribution is 5.89. The summed E-state index contributed by atoms with van der Waals surface area (Å²) in [5.41, 5.74) is 6.82. The molecule has 2 atom stereocenters. The highest BCUT2D eigenvalue weighted by Crippen LogP contribution is 2.31. The topological polar surface area (TPSA) is 86.5 Å². The van der Waals surface area contributed by atoms with Crippen molar-refractivity contribution in [2.75, 3.05) is 6.61 Å². The minimum absolute atomic E-state index is 0.0270. The minimum atomic E-state index is 0.0270. The zero-order chi connectivity index (χ0) is 18.7. The van der Waals surface area contributed by atoms with Crippen LogP contribution >= 0.6 is 0 Å². The molecule has 3 rings (SSSR count). The van der Waals surface area contributed by atoms with Crippen LogP contribution in [0.2, 0.25) is 0 Å². The first-order chi connectivity index (χ1) is 12.5. The van der Waals surface area contributed by atoms with Gasteiger partial charge in [0.1, 0.15) is 12.4 Å². The van der Waals surface area contributed by atoms with Gasteiger partial charge in [-0.1, -0.05) is 6.92 Å². The number of carbonyl (C=O) groups excluding carboxylic acids is 1. The maximum Gasteiger partial charge on any atom is 0.223 e. The van der Waals surface area contributed by atoms with Gasteiger partial charge in [-0.2, -0.15) is 0 Å². The lowest BCUT2D eigenvalue weighted by molar-refractivity contribution is -0.122. The van der Waals surface area contributed by atoms with Gasteiger partial charge >= 0.3 is 0 Å². The summed E-state index contributed by atoms with van der Waals surface area (Å²) in [4.78, 5) is 16.2. The zero-order valence-corrected chi connectivity index (χ0v) is 15.6. The van der Waals surface area contributed by atoms with E-state index < -0.39 is 0 Å². The third kappa shape index (κ3) is 3.90. The number of ether oxygens (including phenoxy) is 2. The van der Waals surface area contributed by atoms with Crippen LogP contribution in [0.15, 0.2) is 24.4 Å². The maximum atomic E-state index is 11.8. The van der Waals surface area contributed by atoms with E-state index in [2.05, 4.69) is 10.3 Å². The molecular formula is C20H27N3O3. The summed E-state index contributed by atoms with van der Waals surface area (Å²) in [6, 6.07) is 5.93. The number of nitrogens with one attached hydrogen (secondary N) is 1. The number of carbonyl (C=O) groups is 1. The van der Waals surface area contributed by atoms with E-state index >= 15 is 0 Å². The summed E-state index contributed by atoms with van der Waals surface area (Å²) in [6.45, 7) is 6.82. The van der Waals surface area contributed by atoms with Crippen molar-refractivity contribution in [3.8, 4) is 11.6 Å². The molecule has 0 spiro atoms. The predicted octanol–water partition coefficient (Wildman–Crippen LogP) is 2.77. The van der Waals surface area contributed by atoms with Gasteiger partial charge in [0.25, 0.3) is 0 Å². The van der Waals surface area contributed by atoms with Gasteiger partial charge in [0.05, 0.1) is 12.1 Å². The molecule has 0 radical (unpaired) electrons. The Morgan fingerprint density at radius 1 is 1.38 bits per heavy atom. The number of benzene rings is 1. The van der Waals surface area contributed by atoms with Crippen molar-refractivity contribution in [2.24, 2.45) is 11.7 Å². The van der Waals surface area contributed by atoms with Crippen LogP contribution in [0.4, 0.5) is 0 Å². The van der Waals surface area contributed by atoms with Crippen LogP contribution in [0, 0.1) is 5.92 Å². The maximum absolute atomic E-state index is 11.8. The first-order valence-corrected chi connectivity index (χ1v) is 9.23. The lowest BCUT2D eigenvalue weighted by atomic mass is 10.0. The number of pyridine rings is 1. The smallest absolute Gasteiger partial charge is 0.223 e. The van der Waals surface area contributed by atoms with Crippen LogP contribution in [-0.2, 0) is 11.3 Å². The highest BCUT2D eigenvalue weighted by Gasteiger charge is 2.30. The summed E-state index contributed by atoms with van der Waals surface area (Å²) in [6.07, 6.45) is 3.44. The Morgan fingerprint density at radius 3 is 2.85 bits per heavy atom. The fraction of sp³-hybridized carbons (Fsp3) is 0.500. The van der Waals surface area contributed by atoms with Gasteiger partial charge in [0, 0.05) is 29.6 Å². The molecule has 1 aromatic heterocycles. The molecule has 3 N–H and O–H groups in total. The number of rotatable bonds is 7. The van der Waals surface area contributed by atoms with Crippen molar-refractivity contribution < 1.29 is 14.3 Å². The number of hydrogen-bond acceptors (Lipinski definition) is 5. The summed E-state index contributed by atoms with van der Waals surface area (Å²) in [5.74, 6) is 1.51. The van der Waals surface area contributed by atoms with Crippen molar-refractivity contribution in [1.29, 1.82) is 0 Å². The van der Waals surface area contributed by atoms with Gasteiger partial charge in [0.2, 0.25) is 11.8 Å². The average molecular weight is 357 g/mol. The number of nitrogens with two attached hydrogens (primary N) is 1. The molecule has 1 aromatic carbocycles. The molecule has 2 heterocycles. The molecule has 1 amide bonds. The fourth-order valence-corrected chi connectivity index (χ4v) is 3.33. The van der Waals surface area contributed by atoms with Gasteiger partial charge < -0.3 is 20.5 Å². The lowest BCUT2D eigenvalue weighted by Crippen LogP contribution is -2.31. The highest BCUT2D eigenvalue weighted by atomic mass is 16.5. The minimum Gasteiger partial charge on any atom is -0.491 e. The molecule has 0 aliphatic carbocycles. The van der Waals surface area contributed by atoms with Gasteiger partial charge in [-0.3, -0.25) is 4.79 Å². The predicted molar refractivity (Wildman–Crippen MR) is 101 cm³/mol. The third-order valence-electron chi connectivity index (χ3n) is 4.69. The molecule has 2 aromatic rings. The first-order valence-electron chi connectivity index (χ1n) is 9.23. The second-order valence-corrected chi connectivity index (χ2v) is 7.03. The van der Waals surface area contributed by atoms with Crippen molar-refractivity contribution >= 4 is 16.7 Å². The number of nitrogens with zero attached hydrogens (tertiary/aromatic N) is 1. The second-order valence-electron chi connectivity index (χ2n) is 7.03. The lowest BCUT2D eigenvalue weighted by Gasteiger charge is -2.17. The largest absolute Gasteiger partial charge is 0.491 e. The van der Waals surface area contributed by atoms with Crippen LogP contribution in [0.5, 0.6) is 11.6 Å². The normalized spacial score (nSPS) is 19.8. The number of fused-ring (bicyclic) bond motifs is 1. The van der Waals surface area contributed by atoms with Crippen LogP contribution in [0.1, 0.15) is 39.2 Å². The van der Waals surface area contributed by atoms with Crippen molar-refractivity contribution in [1.82, 2.24) is 10.3 Å². The van der Waals surface area contributed by atoms with E-state index in [1.165, 1.54) is 0 Å². The molecule has 6 heteroatoms. The Balaban J connectivity index is 1.83. The average Bonchev–Trinajstić information content (AvgIpc) is 2.98. The molecule has 140 valence electrons. The monoisotopic (exact) mass is 357 g/mol. The van der Waals surface area contributed by atoms with Gasteiger partial charge in [0.15, 0.2) is 0 Å².